The van der Waals surface area contributed by atoms with Crippen molar-refractivity contribution in [3.8, 4) is 0 Å². The van der Waals surface area contributed by atoms with Crippen LogP contribution in [-0.4, -0.2) is 31.6 Å². The molecule has 0 N–H and O–H groups in total. The summed E-state index contributed by atoms with van der Waals surface area (Å²) in [6.45, 7) is 5.91. The van der Waals surface area contributed by atoms with Gasteiger partial charge in [0.25, 0.3) is 0 Å². The van der Waals surface area contributed by atoms with Gasteiger partial charge < -0.3 is 4.74 Å². The molecule has 0 spiro atoms. The predicted molar refractivity (Wildman–Crippen MR) is 52.5 cm³/mol. The van der Waals surface area contributed by atoms with Crippen LogP contribution in [0.4, 0.5) is 0 Å². The predicted octanol–water partition coefficient (Wildman–Crippen LogP) is 1.38. The molecule has 0 radical (unpaired) electrons. The fourth-order valence-electron chi connectivity index (χ4n) is 1.27. The first-order chi connectivity index (χ1) is 5.83. The maximum atomic E-state index is 11.7. The van der Waals surface area contributed by atoms with Gasteiger partial charge in [-0.05, 0) is 33.6 Å². The van der Waals surface area contributed by atoms with Crippen molar-refractivity contribution in [2.75, 3.05) is 12.4 Å². The monoisotopic (exact) mass is 206 g/mol. The van der Waals surface area contributed by atoms with Crippen LogP contribution < -0.4 is 0 Å². The van der Waals surface area contributed by atoms with Crippen LogP contribution in [0.1, 0.15) is 33.6 Å². The van der Waals surface area contributed by atoms with Gasteiger partial charge in [0.15, 0.2) is 9.84 Å². The minimum absolute atomic E-state index is 0.0655. The second kappa shape index (κ2) is 3.58. The summed E-state index contributed by atoms with van der Waals surface area (Å²) in [5, 5.41) is 0. The van der Waals surface area contributed by atoms with Gasteiger partial charge in [0, 0.05) is 6.61 Å². The first-order valence-corrected chi connectivity index (χ1v) is 6.32. The van der Waals surface area contributed by atoms with E-state index in [-0.39, 0.29) is 11.9 Å². The second-order valence-electron chi connectivity index (χ2n) is 4.53. The molecule has 1 aliphatic heterocycles. The molecule has 0 aromatic heterocycles. The Kier molecular flexibility index (Phi) is 3.02. The lowest BCUT2D eigenvalue weighted by atomic mass is 10.2. The van der Waals surface area contributed by atoms with Crippen molar-refractivity contribution in [3.63, 3.8) is 0 Å². The van der Waals surface area contributed by atoms with Crippen LogP contribution in [0.15, 0.2) is 0 Å². The molecule has 0 aromatic rings. The van der Waals surface area contributed by atoms with Crippen LogP contribution in [0.5, 0.6) is 0 Å². The van der Waals surface area contributed by atoms with E-state index >= 15 is 0 Å². The Bertz CT molecular complexity index is 255. The molecule has 0 bridgehead atoms. The average molecular weight is 206 g/mol. The summed E-state index contributed by atoms with van der Waals surface area (Å²) in [7, 11) is -3.01. The third kappa shape index (κ3) is 2.68. The van der Waals surface area contributed by atoms with E-state index in [2.05, 4.69) is 0 Å². The summed E-state index contributed by atoms with van der Waals surface area (Å²) in [6.07, 6.45) is 1.81. The van der Waals surface area contributed by atoms with E-state index in [1.807, 2.05) is 0 Å². The minimum Gasteiger partial charge on any atom is -0.377 e. The maximum Gasteiger partial charge on any atom is 0.157 e. The van der Waals surface area contributed by atoms with Crippen LogP contribution in [0.3, 0.4) is 0 Å². The normalized spacial score (nSPS) is 25.0. The average Bonchev–Trinajstić information content (AvgIpc) is 2.35. The van der Waals surface area contributed by atoms with E-state index in [9.17, 15) is 8.42 Å². The molecule has 1 saturated heterocycles. The smallest absolute Gasteiger partial charge is 0.157 e. The molecule has 0 saturated carbocycles. The lowest BCUT2D eigenvalue weighted by Crippen LogP contribution is -2.34. The topological polar surface area (TPSA) is 43.4 Å². The van der Waals surface area contributed by atoms with Gasteiger partial charge in [0.05, 0.1) is 16.6 Å². The Hall–Kier alpha value is -0.0900. The van der Waals surface area contributed by atoms with Crippen LogP contribution in [-0.2, 0) is 14.6 Å². The van der Waals surface area contributed by atoms with Gasteiger partial charge in [-0.15, -0.1) is 0 Å². The van der Waals surface area contributed by atoms with Crippen molar-refractivity contribution < 1.29 is 13.2 Å². The van der Waals surface area contributed by atoms with Crippen molar-refractivity contribution in [2.24, 2.45) is 0 Å². The van der Waals surface area contributed by atoms with Gasteiger partial charge in [-0.25, -0.2) is 8.42 Å². The molecule has 0 aromatic carbocycles. The molecule has 1 aliphatic rings. The summed E-state index contributed by atoms with van der Waals surface area (Å²) in [5.74, 6) is 0.177. The van der Waals surface area contributed by atoms with Gasteiger partial charge in [0.2, 0.25) is 0 Å². The minimum atomic E-state index is -3.01. The molecule has 1 atom stereocenters. The van der Waals surface area contributed by atoms with E-state index < -0.39 is 14.6 Å². The molecular weight excluding hydrogens is 188 g/mol. The van der Waals surface area contributed by atoms with E-state index in [0.717, 1.165) is 12.8 Å². The van der Waals surface area contributed by atoms with Crippen molar-refractivity contribution >= 4 is 9.84 Å². The summed E-state index contributed by atoms with van der Waals surface area (Å²) in [5.41, 5.74) is 0. The summed E-state index contributed by atoms with van der Waals surface area (Å²) < 4.78 is 28.1. The zero-order valence-corrected chi connectivity index (χ0v) is 9.36. The molecule has 78 valence electrons. The highest BCUT2D eigenvalue weighted by Gasteiger charge is 2.32. The number of hydrogen-bond acceptors (Lipinski definition) is 3. The summed E-state index contributed by atoms with van der Waals surface area (Å²) in [6, 6.07) is 0. The number of ether oxygens (including phenoxy) is 1. The molecule has 1 heterocycles. The van der Waals surface area contributed by atoms with Crippen molar-refractivity contribution in [1.29, 1.82) is 0 Å². The number of hydrogen-bond donors (Lipinski definition) is 0. The molecule has 13 heavy (non-hydrogen) atoms. The summed E-state index contributed by atoms with van der Waals surface area (Å²) >= 11 is 0. The van der Waals surface area contributed by atoms with Crippen LogP contribution in [0.25, 0.3) is 0 Å². The van der Waals surface area contributed by atoms with Gasteiger partial charge in [-0.1, -0.05) is 0 Å². The highest BCUT2D eigenvalue weighted by molar-refractivity contribution is 7.92. The number of sulfone groups is 1. The second-order valence-corrected chi connectivity index (χ2v) is 7.32. The third-order valence-corrected chi connectivity index (χ3v) is 5.04. The quantitative estimate of drug-likeness (QED) is 0.685. The molecule has 0 aliphatic carbocycles. The van der Waals surface area contributed by atoms with Crippen LogP contribution in [0, 0.1) is 0 Å². The zero-order valence-electron chi connectivity index (χ0n) is 8.54. The third-order valence-electron chi connectivity index (χ3n) is 2.36. The summed E-state index contributed by atoms with van der Waals surface area (Å²) in [4.78, 5) is 0. The SMILES string of the molecule is CC(C)(C)S(=O)(=O)C[C@H]1CCCO1. The highest BCUT2D eigenvalue weighted by Crippen LogP contribution is 2.21. The van der Waals surface area contributed by atoms with E-state index in [4.69, 9.17) is 4.74 Å². The molecule has 1 rings (SSSR count). The van der Waals surface area contributed by atoms with Gasteiger partial charge in [-0.2, -0.15) is 0 Å². The van der Waals surface area contributed by atoms with Crippen molar-refractivity contribution in [1.82, 2.24) is 0 Å². The van der Waals surface area contributed by atoms with Gasteiger partial charge in [0.1, 0.15) is 0 Å². The largest absolute Gasteiger partial charge is 0.377 e. The van der Waals surface area contributed by atoms with Crippen LogP contribution >= 0.6 is 0 Å². The molecule has 3 nitrogen and oxygen atoms in total. The Balaban J connectivity index is 2.62. The van der Waals surface area contributed by atoms with Crippen molar-refractivity contribution in [3.05, 3.63) is 0 Å². The first-order valence-electron chi connectivity index (χ1n) is 4.67. The Morgan fingerprint density at radius 3 is 2.38 bits per heavy atom. The van der Waals surface area contributed by atoms with Crippen molar-refractivity contribution in [2.45, 2.75) is 44.5 Å². The lowest BCUT2D eigenvalue weighted by molar-refractivity contribution is 0.127. The standard InChI is InChI=1S/C9H18O3S/c1-9(2,3)13(10,11)7-8-5-4-6-12-8/h8H,4-7H2,1-3H3/t8-/m1/s1. The Labute approximate surface area is 80.4 Å². The fraction of sp³-hybridized carbons (Fsp3) is 1.00. The maximum absolute atomic E-state index is 11.7. The fourth-order valence-corrected chi connectivity index (χ4v) is 2.52. The Morgan fingerprint density at radius 2 is 2.00 bits per heavy atom. The Morgan fingerprint density at radius 1 is 1.38 bits per heavy atom. The van der Waals surface area contributed by atoms with Gasteiger partial charge in [-0.3, -0.25) is 0 Å². The van der Waals surface area contributed by atoms with E-state index in [1.165, 1.54) is 0 Å². The molecule has 0 amide bonds. The molecule has 4 heteroatoms. The number of rotatable bonds is 2. The van der Waals surface area contributed by atoms with E-state index in [0.29, 0.717) is 6.61 Å². The van der Waals surface area contributed by atoms with Gasteiger partial charge >= 0.3 is 0 Å². The molecular formula is C9H18O3S. The highest BCUT2D eigenvalue weighted by atomic mass is 32.2. The molecule has 1 fully saturated rings. The first kappa shape index (κ1) is 11.0. The lowest BCUT2D eigenvalue weighted by Gasteiger charge is -2.21. The van der Waals surface area contributed by atoms with Crippen LogP contribution in [0.2, 0.25) is 0 Å². The zero-order chi connectivity index (χ0) is 10.1. The molecule has 0 unspecified atom stereocenters. The van der Waals surface area contributed by atoms with E-state index in [1.54, 1.807) is 20.8 Å².